The number of rotatable bonds is 3. The van der Waals surface area contributed by atoms with Crippen LogP contribution in [0.4, 0.5) is 4.39 Å². The lowest BCUT2D eigenvalue weighted by Crippen LogP contribution is -2.06. The van der Waals surface area contributed by atoms with Gasteiger partial charge in [-0.25, -0.2) is 4.39 Å². The van der Waals surface area contributed by atoms with Crippen LogP contribution in [0.15, 0.2) is 45.3 Å². The van der Waals surface area contributed by atoms with Gasteiger partial charge in [0.25, 0.3) is 0 Å². The minimum atomic E-state index is -0.407. The SMILES string of the molecule is O=C(Cc1ccc(Br)cc1F)c1ccc(Br)cc1Cl. The molecular formula is C14H8Br2ClFO. The third-order valence-corrected chi connectivity index (χ3v) is 3.90. The normalized spacial score (nSPS) is 10.5. The summed E-state index contributed by atoms with van der Waals surface area (Å²) in [7, 11) is 0. The lowest BCUT2D eigenvalue weighted by molar-refractivity contribution is 0.0992. The fourth-order valence-electron chi connectivity index (χ4n) is 1.65. The first kappa shape index (κ1) is 14.7. The van der Waals surface area contributed by atoms with Crippen molar-refractivity contribution in [3.63, 3.8) is 0 Å². The Kier molecular flexibility index (Phi) is 4.76. The van der Waals surface area contributed by atoms with Crippen LogP contribution in [0.2, 0.25) is 5.02 Å². The summed E-state index contributed by atoms with van der Waals surface area (Å²) < 4.78 is 15.1. The predicted molar refractivity (Wildman–Crippen MR) is 81.3 cm³/mol. The molecule has 0 aliphatic heterocycles. The fourth-order valence-corrected chi connectivity index (χ4v) is 2.76. The molecule has 0 aliphatic carbocycles. The molecule has 1 nitrogen and oxygen atoms in total. The molecule has 0 fully saturated rings. The van der Waals surface area contributed by atoms with Crippen LogP contribution < -0.4 is 0 Å². The molecule has 98 valence electrons. The van der Waals surface area contributed by atoms with E-state index in [4.69, 9.17) is 11.6 Å². The first-order chi connectivity index (χ1) is 8.97. The van der Waals surface area contributed by atoms with Crippen LogP contribution in [0.25, 0.3) is 0 Å². The monoisotopic (exact) mass is 404 g/mol. The second kappa shape index (κ2) is 6.16. The van der Waals surface area contributed by atoms with Crippen molar-refractivity contribution in [2.75, 3.05) is 0 Å². The Morgan fingerprint density at radius 3 is 2.37 bits per heavy atom. The average molecular weight is 406 g/mol. The molecule has 2 rings (SSSR count). The zero-order valence-corrected chi connectivity index (χ0v) is 13.5. The number of halogens is 4. The molecule has 0 bridgehead atoms. The van der Waals surface area contributed by atoms with Crippen molar-refractivity contribution in [2.45, 2.75) is 6.42 Å². The Labute approximate surface area is 132 Å². The molecule has 0 spiro atoms. The van der Waals surface area contributed by atoms with E-state index in [1.807, 2.05) is 0 Å². The number of hydrogen-bond acceptors (Lipinski definition) is 1. The van der Waals surface area contributed by atoms with Gasteiger partial charge in [0.05, 0.1) is 5.02 Å². The van der Waals surface area contributed by atoms with Crippen molar-refractivity contribution in [3.8, 4) is 0 Å². The minimum absolute atomic E-state index is 0.0134. The van der Waals surface area contributed by atoms with Crippen LogP contribution in [0.3, 0.4) is 0 Å². The number of carbonyl (C=O) groups excluding carboxylic acids is 1. The van der Waals surface area contributed by atoms with Gasteiger partial charge in [-0.2, -0.15) is 0 Å². The van der Waals surface area contributed by atoms with E-state index in [2.05, 4.69) is 31.9 Å². The molecule has 0 saturated carbocycles. The van der Waals surface area contributed by atoms with Crippen LogP contribution in [0.5, 0.6) is 0 Å². The van der Waals surface area contributed by atoms with Gasteiger partial charge >= 0.3 is 0 Å². The van der Waals surface area contributed by atoms with E-state index in [-0.39, 0.29) is 12.2 Å². The third-order valence-electron chi connectivity index (χ3n) is 2.60. The highest BCUT2D eigenvalue weighted by molar-refractivity contribution is 9.10. The molecule has 0 aromatic heterocycles. The molecule has 5 heteroatoms. The largest absolute Gasteiger partial charge is 0.294 e. The molecule has 2 aromatic carbocycles. The van der Waals surface area contributed by atoms with E-state index < -0.39 is 5.82 Å². The van der Waals surface area contributed by atoms with Crippen molar-refractivity contribution in [3.05, 3.63) is 67.3 Å². The van der Waals surface area contributed by atoms with E-state index in [0.29, 0.717) is 20.6 Å². The summed E-state index contributed by atoms with van der Waals surface area (Å²) in [4.78, 5) is 12.1. The first-order valence-corrected chi connectivity index (χ1v) is 7.36. The summed E-state index contributed by atoms with van der Waals surface area (Å²) in [6.07, 6.45) is -0.0134. The zero-order valence-electron chi connectivity index (χ0n) is 9.59. The predicted octanol–water partition coefficient (Wildman–Crippen LogP) is 5.43. The topological polar surface area (TPSA) is 17.1 Å². The van der Waals surface area contributed by atoms with E-state index in [9.17, 15) is 9.18 Å². The van der Waals surface area contributed by atoms with E-state index in [1.54, 1.807) is 30.3 Å². The lowest BCUT2D eigenvalue weighted by Gasteiger charge is -2.06. The molecule has 0 N–H and O–H groups in total. The Morgan fingerprint density at radius 1 is 1.11 bits per heavy atom. The number of benzene rings is 2. The van der Waals surface area contributed by atoms with Gasteiger partial charge in [0.15, 0.2) is 5.78 Å². The quantitative estimate of drug-likeness (QED) is 0.621. The standard InChI is InChI=1S/C14H8Br2ClFO/c15-9-3-4-11(12(17)6-9)14(19)5-8-1-2-10(16)7-13(8)18/h1-4,6-7H,5H2. The molecule has 0 radical (unpaired) electrons. The van der Waals surface area contributed by atoms with E-state index >= 15 is 0 Å². The molecular weight excluding hydrogens is 398 g/mol. The summed E-state index contributed by atoms with van der Waals surface area (Å²) >= 11 is 12.5. The molecule has 0 saturated heterocycles. The second-order valence-electron chi connectivity index (χ2n) is 3.96. The van der Waals surface area contributed by atoms with Crippen LogP contribution in [0.1, 0.15) is 15.9 Å². The molecule has 0 unspecified atom stereocenters. The second-order valence-corrected chi connectivity index (χ2v) is 6.20. The van der Waals surface area contributed by atoms with E-state index in [1.165, 1.54) is 6.07 Å². The van der Waals surface area contributed by atoms with Gasteiger partial charge in [0, 0.05) is 20.9 Å². The molecule has 2 aromatic rings. The smallest absolute Gasteiger partial charge is 0.168 e. The van der Waals surface area contributed by atoms with Crippen LogP contribution in [-0.2, 0) is 6.42 Å². The lowest BCUT2D eigenvalue weighted by atomic mass is 10.0. The van der Waals surface area contributed by atoms with Crippen molar-refractivity contribution in [2.24, 2.45) is 0 Å². The highest BCUT2D eigenvalue weighted by Gasteiger charge is 2.14. The third kappa shape index (κ3) is 3.65. The van der Waals surface area contributed by atoms with Crippen LogP contribution in [-0.4, -0.2) is 5.78 Å². The molecule has 19 heavy (non-hydrogen) atoms. The maximum atomic E-state index is 13.7. The minimum Gasteiger partial charge on any atom is -0.294 e. The van der Waals surface area contributed by atoms with Gasteiger partial charge in [-0.1, -0.05) is 49.5 Å². The Morgan fingerprint density at radius 2 is 1.74 bits per heavy atom. The van der Waals surface area contributed by atoms with Gasteiger partial charge in [-0.05, 0) is 35.9 Å². The number of hydrogen-bond donors (Lipinski definition) is 0. The highest BCUT2D eigenvalue weighted by atomic mass is 79.9. The molecule has 0 heterocycles. The number of Topliss-reactive ketones (excluding diaryl/α,β-unsaturated/α-hetero) is 1. The number of ketones is 1. The Bertz CT molecular complexity index is 643. The van der Waals surface area contributed by atoms with Crippen molar-refractivity contribution in [1.82, 2.24) is 0 Å². The maximum Gasteiger partial charge on any atom is 0.168 e. The average Bonchev–Trinajstić information content (AvgIpc) is 2.32. The van der Waals surface area contributed by atoms with E-state index in [0.717, 1.165) is 4.47 Å². The van der Waals surface area contributed by atoms with Crippen LogP contribution >= 0.6 is 43.5 Å². The zero-order chi connectivity index (χ0) is 14.0. The van der Waals surface area contributed by atoms with Gasteiger partial charge < -0.3 is 0 Å². The van der Waals surface area contributed by atoms with Crippen molar-refractivity contribution in [1.29, 1.82) is 0 Å². The fraction of sp³-hybridized carbons (Fsp3) is 0.0714. The maximum absolute atomic E-state index is 13.7. The Hall–Kier alpha value is -0.710. The van der Waals surface area contributed by atoms with Crippen LogP contribution in [0, 0.1) is 5.82 Å². The first-order valence-electron chi connectivity index (χ1n) is 5.39. The molecule has 0 aliphatic rings. The van der Waals surface area contributed by atoms with Crippen molar-refractivity contribution < 1.29 is 9.18 Å². The molecule has 0 atom stereocenters. The summed E-state index contributed by atoms with van der Waals surface area (Å²) in [6, 6.07) is 9.64. The number of carbonyl (C=O) groups is 1. The van der Waals surface area contributed by atoms with Gasteiger partial charge in [0.1, 0.15) is 5.82 Å². The summed E-state index contributed by atoms with van der Waals surface area (Å²) in [6.45, 7) is 0. The van der Waals surface area contributed by atoms with Gasteiger partial charge in [-0.3, -0.25) is 4.79 Å². The van der Waals surface area contributed by atoms with Gasteiger partial charge in [-0.15, -0.1) is 0 Å². The van der Waals surface area contributed by atoms with Gasteiger partial charge in [0.2, 0.25) is 0 Å². The van der Waals surface area contributed by atoms with Crippen molar-refractivity contribution >= 4 is 49.2 Å². The Balaban J connectivity index is 2.25. The highest BCUT2D eigenvalue weighted by Crippen LogP contribution is 2.23. The summed E-state index contributed by atoms with van der Waals surface area (Å²) in [5.74, 6) is -0.616. The summed E-state index contributed by atoms with van der Waals surface area (Å²) in [5, 5.41) is 0.358. The molecule has 0 amide bonds. The summed E-state index contributed by atoms with van der Waals surface area (Å²) in [5.41, 5.74) is 0.749.